The number of hydrogen-bond acceptors (Lipinski definition) is 4. The fraction of sp³-hybridized carbons (Fsp3) is 0.500. The van der Waals surface area contributed by atoms with Gasteiger partial charge in [-0.05, 0) is 32.3 Å². The van der Waals surface area contributed by atoms with Gasteiger partial charge in [-0.15, -0.1) is 0 Å². The molecule has 20 heavy (non-hydrogen) atoms. The molecule has 4 nitrogen and oxygen atoms in total. The average Bonchev–Trinajstić information content (AvgIpc) is 3.27. The van der Waals surface area contributed by atoms with Crippen LogP contribution >= 0.6 is 0 Å². The van der Waals surface area contributed by atoms with Gasteiger partial charge in [-0.25, -0.2) is 0 Å². The normalized spacial score (nSPS) is 18.6. The number of carbonyl (C=O) groups is 1. The molecule has 4 heteroatoms. The standard InChI is InChI=1S/C16H20N2O2/c1-3-20-14(19)16(9-10-16)12-18-15(2,11-17)13-7-5-4-6-8-13/h4-8,18H,3,9-10,12H2,1-2H3/t15-/m0/s1. The molecule has 0 radical (unpaired) electrons. The van der Waals surface area contributed by atoms with Crippen molar-refractivity contribution in [1.82, 2.24) is 5.32 Å². The Bertz CT molecular complexity index is 517. The van der Waals surface area contributed by atoms with E-state index in [4.69, 9.17) is 4.74 Å². The molecule has 0 saturated heterocycles. The number of rotatable bonds is 6. The van der Waals surface area contributed by atoms with Crippen LogP contribution in [-0.2, 0) is 15.1 Å². The van der Waals surface area contributed by atoms with Gasteiger partial charge < -0.3 is 4.74 Å². The minimum Gasteiger partial charge on any atom is -0.466 e. The van der Waals surface area contributed by atoms with Crippen LogP contribution in [0.5, 0.6) is 0 Å². The highest BCUT2D eigenvalue weighted by Gasteiger charge is 2.52. The summed E-state index contributed by atoms with van der Waals surface area (Å²) in [6.45, 7) is 4.52. The lowest BCUT2D eigenvalue weighted by Crippen LogP contribution is -2.43. The van der Waals surface area contributed by atoms with E-state index in [1.54, 1.807) is 0 Å². The number of nitriles is 1. The van der Waals surface area contributed by atoms with Gasteiger partial charge in [-0.1, -0.05) is 30.3 Å². The molecule has 1 aromatic rings. The fourth-order valence-electron chi connectivity index (χ4n) is 2.21. The third-order valence-corrected chi connectivity index (χ3v) is 3.92. The van der Waals surface area contributed by atoms with Crippen molar-refractivity contribution in [2.45, 2.75) is 32.2 Å². The first-order chi connectivity index (χ1) is 9.56. The average molecular weight is 272 g/mol. The molecule has 0 spiro atoms. The van der Waals surface area contributed by atoms with E-state index in [1.807, 2.05) is 44.2 Å². The van der Waals surface area contributed by atoms with Crippen LogP contribution in [0.3, 0.4) is 0 Å². The van der Waals surface area contributed by atoms with Gasteiger partial charge in [0.25, 0.3) is 0 Å². The Hall–Kier alpha value is -1.86. The van der Waals surface area contributed by atoms with E-state index >= 15 is 0 Å². The molecule has 0 unspecified atom stereocenters. The van der Waals surface area contributed by atoms with Gasteiger partial charge in [0.05, 0.1) is 18.1 Å². The van der Waals surface area contributed by atoms with Crippen LogP contribution in [0, 0.1) is 16.7 Å². The molecule has 1 aliphatic carbocycles. The summed E-state index contributed by atoms with van der Waals surface area (Å²) in [6.07, 6.45) is 1.66. The van der Waals surface area contributed by atoms with Crippen LogP contribution in [0.25, 0.3) is 0 Å². The number of benzene rings is 1. The number of ether oxygens (including phenoxy) is 1. The molecule has 0 aliphatic heterocycles. The van der Waals surface area contributed by atoms with Crippen LogP contribution < -0.4 is 5.32 Å². The summed E-state index contributed by atoms with van der Waals surface area (Å²) in [5, 5.41) is 12.7. The predicted molar refractivity (Wildman–Crippen MR) is 75.7 cm³/mol. The lowest BCUT2D eigenvalue weighted by atomic mass is 9.92. The largest absolute Gasteiger partial charge is 0.466 e. The smallest absolute Gasteiger partial charge is 0.313 e. The van der Waals surface area contributed by atoms with Crippen molar-refractivity contribution < 1.29 is 9.53 Å². The van der Waals surface area contributed by atoms with E-state index in [1.165, 1.54) is 0 Å². The Morgan fingerprint density at radius 1 is 1.45 bits per heavy atom. The van der Waals surface area contributed by atoms with Crippen molar-refractivity contribution in [3.8, 4) is 6.07 Å². The Morgan fingerprint density at radius 2 is 2.10 bits per heavy atom. The fourth-order valence-corrected chi connectivity index (χ4v) is 2.21. The molecular formula is C16H20N2O2. The van der Waals surface area contributed by atoms with Crippen molar-refractivity contribution in [1.29, 1.82) is 5.26 Å². The molecule has 1 aliphatic rings. The molecule has 1 atom stereocenters. The van der Waals surface area contributed by atoms with Gasteiger partial charge in [0.2, 0.25) is 0 Å². The summed E-state index contributed by atoms with van der Waals surface area (Å²) < 4.78 is 5.11. The van der Waals surface area contributed by atoms with Gasteiger partial charge in [-0.3, -0.25) is 10.1 Å². The van der Waals surface area contributed by atoms with E-state index in [9.17, 15) is 10.1 Å². The Labute approximate surface area is 119 Å². The molecule has 1 fully saturated rings. The first kappa shape index (κ1) is 14.5. The zero-order chi connectivity index (χ0) is 14.6. The Morgan fingerprint density at radius 3 is 2.60 bits per heavy atom. The predicted octanol–water partition coefficient (Wildman–Crippen LogP) is 2.36. The first-order valence-electron chi connectivity index (χ1n) is 6.95. The Balaban J connectivity index is 2.06. The first-order valence-corrected chi connectivity index (χ1v) is 6.95. The lowest BCUT2D eigenvalue weighted by Gasteiger charge is -2.26. The molecule has 1 saturated carbocycles. The quantitative estimate of drug-likeness (QED) is 0.807. The maximum atomic E-state index is 11.9. The third-order valence-electron chi connectivity index (χ3n) is 3.92. The highest BCUT2D eigenvalue weighted by molar-refractivity contribution is 5.80. The van der Waals surface area contributed by atoms with Gasteiger partial charge in [0.1, 0.15) is 5.54 Å². The highest BCUT2D eigenvalue weighted by atomic mass is 16.5. The van der Waals surface area contributed by atoms with Gasteiger partial charge in [-0.2, -0.15) is 5.26 Å². The molecule has 0 amide bonds. The van der Waals surface area contributed by atoms with Gasteiger partial charge >= 0.3 is 5.97 Å². The summed E-state index contributed by atoms with van der Waals surface area (Å²) >= 11 is 0. The second-order valence-corrected chi connectivity index (χ2v) is 5.46. The van der Waals surface area contributed by atoms with Crippen molar-refractivity contribution >= 4 is 5.97 Å². The monoisotopic (exact) mass is 272 g/mol. The van der Waals surface area contributed by atoms with Crippen LogP contribution in [0.4, 0.5) is 0 Å². The molecule has 0 aromatic heterocycles. The molecule has 0 heterocycles. The van der Waals surface area contributed by atoms with Gasteiger partial charge in [0, 0.05) is 6.54 Å². The van der Waals surface area contributed by atoms with Gasteiger partial charge in [0.15, 0.2) is 0 Å². The number of esters is 1. The number of nitrogens with zero attached hydrogens (tertiary/aromatic N) is 1. The third kappa shape index (κ3) is 2.83. The van der Waals surface area contributed by atoms with E-state index in [2.05, 4.69) is 11.4 Å². The van der Waals surface area contributed by atoms with Crippen LogP contribution in [0.15, 0.2) is 30.3 Å². The molecule has 2 rings (SSSR count). The zero-order valence-corrected chi connectivity index (χ0v) is 12.0. The lowest BCUT2D eigenvalue weighted by molar-refractivity contribution is -0.149. The summed E-state index contributed by atoms with van der Waals surface area (Å²) in [4.78, 5) is 11.9. The van der Waals surface area contributed by atoms with E-state index < -0.39 is 11.0 Å². The van der Waals surface area contributed by atoms with Crippen molar-refractivity contribution in [3.63, 3.8) is 0 Å². The van der Waals surface area contributed by atoms with Crippen LogP contribution in [-0.4, -0.2) is 19.1 Å². The summed E-state index contributed by atoms with van der Waals surface area (Å²) in [5.74, 6) is -0.152. The maximum Gasteiger partial charge on any atom is 0.313 e. The summed E-state index contributed by atoms with van der Waals surface area (Å²) in [7, 11) is 0. The second kappa shape index (κ2) is 5.64. The maximum absolute atomic E-state index is 11.9. The van der Waals surface area contributed by atoms with E-state index in [0.29, 0.717) is 13.2 Å². The molecule has 106 valence electrons. The zero-order valence-electron chi connectivity index (χ0n) is 12.0. The number of carbonyl (C=O) groups excluding carboxylic acids is 1. The summed E-state index contributed by atoms with van der Waals surface area (Å²) in [5.41, 5.74) is -0.311. The van der Waals surface area contributed by atoms with Crippen molar-refractivity contribution in [2.24, 2.45) is 5.41 Å². The second-order valence-electron chi connectivity index (χ2n) is 5.46. The Kier molecular flexibility index (Phi) is 4.10. The van der Waals surface area contributed by atoms with Crippen LogP contribution in [0.1, 0.15) is 32.3 Å². The molecule has 0 bridgehead atoms. The minimum atomic E-state index is -0.788. The van der Waals surface area contributed by atoms with E-state index in [-0.39, 0.29) is 5.97 Å². The molecule has 1 N–H and O–H groups in total. The van der Waals surface area contributed by atoms with Crippen LogP contribution in [0.2, 0.25) is 0 Å². The molecular weight excluding hydrogens is 252 g/mol. The molecule has 1 aromatic carbocycles. The summed E-state index contributed by atoms with van der Waals surface area (Å²) in [6, 6.07) is 11.9. The van der Waals surface area contributed by atoms with E-state index in [0.717, 1.165) is 18.4 Å². The number of nitrogens with one attached hydrogen (secondary N) is 1. The number of hydrogen-bond donors (Lipinski definition) is 1. The van der Waals surface area contributed by atoms with Crippen molar-refractivity contribution in [2.75, 3.05) is 13.2 Å². The van der Waals surface area contributed by atoms with Crippen molar-refractivity contribution in [3.05, 3.63) is 35.9 Å². The minimum absolute atomic E-state index is 0.152. The highest BCUT2D eigenvalue weighted by Crippen LogP contribution is 2.46. The SMILES string of the molecule is CCOC(=O)C1(CN[C@@](C)(C#N)c2ccccc2)CC1. The topological polar surface area (TPSA) is 62.1 Å².